The lowest BCUT2D eigenvalue weighted by Gasteiger charge is -2.08. The van der Waals surface area contributed by atoms with Crippen LogP contribution in [0.3, 0.4) is 0 Å². The molecule has 0 aliphatic heterocycles. The highest BCUT2D eigenvalue weighted by atomic mass is 16.5. The van der Waals surface area contributed by atoms with E-state index in [1.165, 1.54) is 6.08 Å². The first-order valence-corrected chi connectivity index (χ1v) is 7.14. The second-order valence-electron chi connectivity index (χ2n) is 4.95. The van der Waals surface area contributed by atoms with Crippen LogP contribution < -0.4 is 10.8 Å². The van der Waals surface area contributed by atoms with Gasteiger partial charge in [-0.2, -0.15) is 0 Å². The zero-order valence-corrected chi connectivity index (χ0v) is 12.3. The topological polar surface area (TPSA) is 78.7 Å². The van der Waals surface area contributed by atoms with E-state index in [4.69, 9.17) is 5.21 Å². The number of carbonyl (C=O) groups is 1. The summed E-state index contributed by atoms with van der Waals surface area (Å²) < 4.78 is 1.97. The van der Waals surface area contributed by atoms with Crippen molar-refractivity contribution in [2.24, 2.45) is 0 Å². The third kappa shape index (κ3) is 3.56. The number of nitrogens with one attached hydrogen (secondary N) is 2. The number of amides is 1. The SMILES string of the molecule is O=C(C=Cc1ccccc1NCc1cn2ccccc2n1)NO. The van der Waals surface area contributed by atoms with Crippen molar-refractivity contribution in [1.82, 2.24) is 14.9 Å². The lowest BCUT2D eigenvalue weighted by Crippen LogP contribution is -2.14. The van der Waals surface area contributed by atoms with Gasteiger partial charge < -0.3 is 9.72 Å². The fourth-order valence-electron chi connectivity index (χ4n) is 2.26. The van der Waals surface area contributed by atoms with E-state index in [0.29, 0.717) is 6.54 Å². The molecule has 0 aliphatic rings. The number of benzene rings is 1. The van der Waals surface area contributed by atoms with Crippen LogP contribution in [0.25, 0.3) is 11.7 Å². The van der Waals surface area contributed by atoms with Gasteiger partial charge in [0.05, 0.1) is 12.2 Å². The highest BCUT2D eigenvalue weighted by Crippen LogP contribution is 2.17. The van der Waals surface area contributed by atoms with Crippen LogP contribution in [0.1, 0.15) is 11.3 Å². The highest BCUT2D eigenvalue weighted by Gasteiger charge is 2.03. The van der Waals surface area contributed by atoms with Gasteiger partial charge in [-0.15, -0.1) is 0 Å². The Hall–Kier alpha value is -3.12. The van der Waals surface area contributed by atoms with Crippen LogP contribution in [-0.4, -0.2) is 20.5 Å². The minimum absolute atomic E-state index is 0.568. The number of para-hydroxylation sites is 1. The molecule has 3 aromatic rings. The molecule has 2 aromatic heterocycles. The van der Waals surface area contributed by atoms with Crippen LogP contribution >= 0.6 is 0 Å². The van der Waals surface area contributed by atoms with E-state index in [1.54, 1.807) is 11.6 Å². The fourth-order valence-corrected chi connectivity index (χ4v) is 2.26. The number of carbonyl (C=O) groups excluding carboxylic acids is 1. The average molecular weight is 308 g/mol. The molecule has 0 bridgehead atoms. The Morgan fingerprint density at radius 1 is 1.22 bits per heavy atom. The van der Waals surface area contributed by atoms with Crippen molar-refractivity contribution in [3.8, 4) is 0 Å². The van der Waals surface area contributed by atoms with Crippen molar-refractivity contribution >= 4 is 23.3 Å². The number of hydrogen-bond donors (Lipinski definition) is 3. The smallest absolute Gasteiger partial charge is 0.267 e. The monoisotopic (exact) mass is 308 g/mol. The molecule has 0 aliphatic carbocycles. The van der Waals surface area contributed by atoms with Gasteiger partial charge in [-0.3, -0.25) is 10.0 Å². The molecular formula is C17H16N4O2. The zero-order chi connectivity index (χ0) is 16.1. The maximum Gasteiger partial charge on any atom is 0.267 e. The first-order chi connectivity index (χ1) is 11.3. The Bertz CT molecular complexity index is 821. The Balaban J connectivity index is 1.75. The first kappa shape index (κ1) is 14.8. The number of aromatic nitrogens is 2. The third-order valence-corrected chi connectivity index (χ3v) is 3.36. The molecule has 23 heavy (non-hydrogen) atoms. The van der Waals surface area contributed by atoms with E-state index in [0.717, 1.165) is 22.6 Å². The van der Waals surface area contributed by atoms with Crippen molar-refractivity contribution in [1.29, 1.82) is 0 Å². The van der Waals surface area contributed by atoms with Crippen LogP contribution in [0.15, 0.2) is 60.9 Å². The van der Waals surface area contributed by atoms with Crippen molar-refractivity contribution < 1.29 is 10.0 Å². The number of nitrogens with zero attached hydrogens (tertiary/aromatic N) is 2. The third-order valence-electron chi connectivity index (χ3n) is 3.36. The van der Waals surface area contributed by atoms with E-state index in [2.05, 4.69) is 10.3 Å². The lowest BCUT2D eigenvalue weighted by atomic mass is 10.1. The zero-order valence-electron chi connectivity index (χ0n) is 12.3. The predicted molar refractivity (Wildman–Crippen MR) is 87.9 cm³/mol. The van der Waals surface area contributed by atoms with Crippen LogP contribution in [-0.2, 0) is 11.3 Å². The Morgan fingerprint density at radius 2 is 2.04 bits per heavy atom. The minimum Gasteiger partial charge on any atom is -0.379 e. The van der Waals surface area contributed by atoms with Gasteiger partial charge in [-0.25, -0.2) is 10.5 Å². The molecule has 1 aromatic carbocycles. The Morgan fingerprint density at radius 3 is 2.87 bits per heavy atom. The summed E-state index contributed by atoms with van der Waals surface area (Å²) in [5, 5.41) is 11.8. The van der Waals surface area contributed by atoms with Gasteiger partial charge in [0.15, 0.2) is 0 Å². The molecule has 0 saturated heterocycles. The van der Waals surface area contributed by atoms with Crippen LogP contribution in [0, 0.1) is 0 Å². The summed E-state index contributed by atoms with van der Waals surface area (Å²) >= 11 is 0. The van der Waals surface area contributed by atoms with Crippen LogP contribution in [0.4, 0.5) is 5.69 Å². The number of rotatable bonds is 5. The molecular weight excluding hydrogens is 292 g/mol. The number of hydrogen-bond acceptors (Lipinski definition) is 4. The molecule has 1 amide bonds. The molecule has 0 atom stereocenters. The Labute approximate surface area is 133 Å². The van der Waals surface area contributed by atoms with Crippen molar-refractivity contribution in [2.45, 2.75) is 6.54 Å². The molecule has 3 N–H and O–H groups in total. The normalized spacial score (nSPS) is 11.0. The van der Waals surface area contributed by atoms with Gasteiger partial charge >= 0.3 is 0 Å². The number of pyridine rings is 1. The van der Waals surface area contributed by atoms with E-state index in [9.17, 15) is 4.79 Å². The van der Waals surface area contributed by atoms with E-state index < -0.39 is 5.91 Å². The van der Waals surface area contributed by atoms with E-state index in [1.807, 2.05) is 59.3 Å². The summed E-state index contributed by atoms with van der Waals surface area (Å²) in [5.41, 5.74) is 5.12. The first-order valence-electron chi connectivity index (χ1n) is 7.14. The van der Waals surface area contributed by atoms with Gasteiger partial charge in [-0.05, 0) is 29.8 Å². The molecule has 116 valence electrons. The number of imidazole rings is 1. The number of hydroxylamine groups is 1. The van der Waals surface area contributed by atoms with Gasteiger partial charge in [-0.1, -0.05) is 24.3 Å². The second kappa shape index (κ2) is 6.76. The maximum atomic E-state index is 11.1. The van der Waals surface area contributed by atoms with Crippen molar-refractivity contribution in [3.05, 3.63) is 72.2 Å². The molecule has 6 heteroatoms. The molecule has 0 saturated carbocycles. The molecule has 3 rings (SSSR count). The van der Waals surface area contributed by atoms with Crippen LogP contribution in [0.5, 0.6) is 0 Å². The molecule has 0 unspecified atom stereocenters. The summed E-state index contributed by atoms with van der Waals surface area (Å²) in [6, 6.07) is 13.5. The fraction of sp³-hybridized carbons (Fsp3) is 0.0588. The number of fused-ring (bicyclic) bond motifs is 1. The highest BCUT2D eigenvalue weighted by molar-refractivity contribution is 5.91. The van der Waals surface area contributed by atoms with Crippen LogP contribution in [0.2, 0.25) is 0 Å². The van der Waals surface area contributed by atoms with Gasteiger partial charge in [0.2, 0.25) is 0 Å². The molecule has 2 heterocycles. The summed E-state index contributed by atoms with van der Waals surface area (Å²) in [6.07, 6.45) is 6.83. The van der Waals surface area contributed by atoms with Gasteiger partial charge in [0.25, 0.3) is 5.91 Å². The van der Waals surface area contributed by atoms with Crippen molar-refractivity contribution in [2.75, 3.05) is 5.32 Å². The molecule has 0 fully saturated rings. The second-order valence-corrected chi connectivity index (χ2v) is 4.95. The standard InChI is InChI=1S/C17H16N4O2/c22-17(20-23)9-8-13-5-1-2-6-15(13)18-11-14-12-21-10-4-3-7-16(21)19-14/h1-10,12,18,23H,11H2,(H,20,22). The summed E-state index contributed by atoms with van der Waals surface area (Å²) in [4.78, 5) is 15.6. The summed E-state index contributed by atoms with van der Waals surface area (Å²) in [6.45, 7) is 0.568. The lowest BCUT2D eigenvalue weighted by molar-refractivity contribution is -0.124. The van der Waals surface area contributed by atoms with E-state index in [-0.39, 0.29) is 0 Å². The molecule has 0 spiro atoms. The maximum absolute atomic E-state index is 11.1. The van der Waals surface area contributed by atoms with Gasteiger partial charge in [0, 0.05) is 24.2 Å². The van der Waals surface area contributed by atoms with Gasteiger partial charge in [0.1, 0.15) is 5.65 Å². The predicted octanol–water partition coefficient (Wildman–Crippen LogP) is 2.46. The summed E-state index contributed by atoms with van der Waals surface area (Å²) in [5.74, 6) is -0.569. The average Bonchev–Trinajstić information content (AvgIpc) is 3.01. The molecule has 6 nitrogen and oxygen atoms in total. The summed E-state index contributed by atoms with van der Waals surface area (Å²) in [7, 11) is 0. The Kier molecular flexibility index (Phi) is 4.35. The van der Waals surface area contributed by atoms with Crippen molar-refractivity contribution in [3.63, 3.8) is 0 Å². The minimum atomic E-state index is -0.569. The van der Waals surface area contributed by atoms with E-state index >= 15 is 0 Å². The number of anilines is 1. The molecule has 0 radical (unpaired) electrons. The quantitative estimate of drug-likeness (QED) is 0.384. The largest absolute Gasteiger partial charge is 0.379 e.